The van der Waals surface area contributed by atoms with Gasteiger partial charge in [0, 0.05) is 19.6 Å². The Kier molecular flexibility index (Phi) is 2.88. The second-order valence-electron chi connectivity index (χ2n) is 5.06. The fraction of sp³-hybridized carbons (Fsp3) is 0.429. The van der Waals surface area contributed by atoms with Crippen molar-refractivity contribution in [1.29, 1.82) is 0 Å². The van der Waals surface area contributed by atoms with Crippen LogP contribution in [0, 0.1) is 11.8 Å². The Morgan fingerprint density at radius 2 is 1.67 bits per heavy atom. The number of carbonyl (C=O) groups excluding carboxylic acids is 2. The number of rotatable bonds is 3. The van der Waals surface area contributed by atoms with Gasteiger partial charge in [-0.15, -0.1) is 0 Å². The van der Waals surface area contributed by atoms with Crippen LogP contribution in [0.5, 0.6) is 0 Å². The summed E-state index contributed by atoms with van der Waals surface area (Å²) < 4.78 is 0. The van der Waals surface area contributed by atoms with E-state index in [0.29, 0.717) is 0 Å². The van der Waals surface area contributed by atoms with E-state index in [-0.39, 0.29) is 23.7 Å². The molecule has 2 aliphatic rings. The smallest absolute Gasteiger partial charge is 0.231 e. The molecule has 0 unspecified atom stereocenters. The Hall–Kier alpha value is -1.68. The van der Waals surface area contributed by atoms with Gasteiger partial charge >= 0.3 is 0 Å². The topological polar surface area (TPSA) is 49.4 Å². The largest absolute Gasteiger partial charge is 0.301 e. The van der Waals surface area contributed by atoms with Gasteiger partial charge in [-0.3, -0.25) is 14.9 Å². The number of fused-ring (bicyclic) bond motifs is 1. The molecule has 0 aromatic heterocycles. The number of hydrogen-bond donors (Lipinski definition) is 1. The highest BCUT2D eigenvalue weighted by Crippen LogP contribution is 2.28. The zero-order valence-electron chi connectivity index (χ0n) is 10.1. The molecule has 94 valence electrons. The lowest BCUT2D eigenvalue weighted by atomic mass is 10.00. The third-order valence-corrected chi connectivity index (χ3v) is 3.87. The third-order valence-electron chi connectivity index (χ3n) is 3.87. The summed E-state index contributed by atoms with van der Waals surface area (Å²) in [5.41, 5.74) is 1.30. The van der Waals surface area contributed by atoms with Crippen LogP contribution >= 0.6 is 0 Å². The molecule has 0 spiro atoms. The molecule has 2 fully saturated rings. The lowest BCUT2D eigenvalue weighted by molar-refractivity contribution is -0.126. The average molecular weight is 244 g/mol. The number of nitrogens with zero attached hydrogens (tertiary/aromatic N) is 1. The maximum absolute atomic E-state index is 11.5. The predicted molar refractivity (Wildman–Crippen MR) is 66.7 cm³/mol. The first-order valence-corrected chi connectivity index (χ1v) is 6.35. The van der Waals surface area contributed by atoms with E-state index in [0.717, 1.165) is 26.1 Å². The number of hydrogen-bond acceptors (Lipinski definition) is 3. The summed E-state index contributed by atoms with van der Waals surface area (Å²) in [5, 5.41) is 2.41. The molecule has 1 N–H and O–H groups in total. The molecular formula is C14H16N2O2. The number of carbonyl (C=O) groups is 2. The quantitative estimate of drug-likeness (QED) is 0.785. The second-order valence-corrected chi connectivity index (χ2v) is 5.06. The van der Waals surface area contributed by atoms with Gasteiger partial charge in [0.15, 0.2) is 0 Å². The normalized spacial score (nSPS) is 27.3. The summed E-state index contributed by atoms with van der Waals surface area (Å²) >= 11 is 0. The molecule has 0 aliphatic carbocycles. The van der Waals surface area contributed by atoms with Crippen molar-refractivity contribution in [3.05, 3.63) is 35.9 Å². The van der Waals surface area contributed by atoms with Crippen LogP contribution in [0.2, 0.25) is 0 Å². The van der Waals surface area contributed by atoms with Crippen LogP contribution in [-0.4, -0.2) is 36.3 Å². The van der Waals surface area contributed by atoms with Crippen LogP contribution < -0.4 is 5.32 Å². The molecule has 0 saturated carbocycles. The van der Waals surface area contributed by atoms with Crippen LogP contribution in [0.15, 0.2) is 30.3 Å². The van der Waals surface area contributed by atoms with E-state index in [1.54, 1.807) is 0 Å². The van der Waals surface area contributed by atoms with Crippen LogP contribution in [0.3, 0.4) is 0 Å². The average Bonchev–Trinajstić information content (AvgIpc) is 2.91. The van der Waals surface area contributed by atoms with Crippen LogP contribution in [0.4, 0.5) is 0 Å². The second kappa shape index (κ2) is 4.53. The minimum Gasteiger partial charge on any atom is -0.301 e. The number of benzene rings is 1. The van der Waals surface area contributed by atoms with Crippen molar-refractivity contribution in [3.63, 3.8) is 0 Å². The molecular weight excluding hydrogens is 228 g/mol. The molecule has 1 aromatic rings. The molecule has 4 heteroatoms. The summed E-state index contributed by atoms with van der Waals surface area (Å²) in [7, 11) is 0. The maximum Gasteiger partial charge on any atom is 0.231 e. The molecule has 2 aliphatic heterocycles. The van der Waals surface area contributed by atoms with Crippen LogP contribution in [0.1, 0.15) is 5.56 Å². The molecule has 2 atom stereocenters. The summed E-state index contributed by atoms with van der Waals surface area (Å²) in [6.07, 6.45) is 0.968. The van der Waals surface area contributed by atoms with Gasteiger partial charge in [-0.2, -0.15) is 0 Å². The van der Waals surface area contributed by atoms with Gasteiger partial charge in [-0.05, 0) is 12.0 Å². The van der Waals surface area contributed by atoms with Gasteiger partial charge in [0.05, 0.1) is 11.8 Å². The molecule has 0 bridgehead atoms. The Morgan fingerprint density at radius 1 is 1.06 bits per heavy atom. The van der Waals surface area contributed by atoms with Crippen molar-refractivity contribution < 1.29 is 9.59 Å². The van der Waals surface area contributed by atoms with Crippen molar-refractivity contribution in [2.45, 2.75) is 6.42 Å². The minimum atomic E-state index is -0.117. The molecule has 3 rings (SSSR count). The standard InChI is InChI=1S/C14H16N2O2/c17-13-11-8-16(9-12(11)14(18)15-13)7-6-10-4-2-1-3-5-10/h1-5,11-12H,6-9H2,(H,15,17,18)/t11-,12+. The summed E-state index contributed by atoms with van der Waals surface area (Å²) in [6, 6.07) is 10.3. The Labute approximate surface area is 106 Å². The summed E-state index contributed by atoms with van der Waals surface area (Å²) in [6.45, 7) is 2.35. The lowest BCUT2D eigenvalue weighted by Crippen LogP contribution is -2.32. The zero-order chi connectivity index (χ0) is 12.5. The maximum atomic E-state index is 11.5. The Bertz CT molecular complexity index is 450. The van der Waals surface area contributed by atoms with Crippen molar-refractivity contribution in [2.75, 3.05) is 19.6 Å². The first kappa shape index (κ1) is 11.4. The van der Waals surface area contributed by atoms with Gasteiger partial charge in [0.2, 0.25) is 11.8 Å². The number of imide groups is 1. The first-order valence-electron chi connectivity index (χ1n) is 6.35. The summed E-state index contributed by atoms with van der Waals surface area (Å²) in [5.74, 6) is -0.416. The van der Waals surface area contributed by atoms with Gasteiger partial charge in [-0.25, -0.2) is 0 Å². The van der Waals surface area contributed by atoms with Crippen molar-refractivity contribution in [2.24, 2.45) is 11.8 Å². The lowest BCUT2D eigenvalue weighted by Gasteiger charge is -2.16. The molecule has 4 nitrogen and oxygen atoms in total. The van der Waals surface area contributed by atoms with E-state index in [2.05, 4.69) is 22.3 Å². The highest BCUT2D eigenvalue weighted by atomic mass is 16.2. The predicted octanol–water partition coefficient (Wildman–Crippen LogP) is 0.433. The highest BCUT2D eigenvalue weighted by molar-refractivity contribution is 6.05. The third kappa shape index (κ3) is 2.04. The van der Waals surface area contributed by atoms with Gasteiger partial charge in [-0.1, -0.05) is 30.3 Å². The minimum absolute atomic E-state index is 0.0905. The molecule has 1 aromatic carbocycles. The molecule has 18 heavy (non-hydrogen) atoms. The van der Waals surface area contributed by atoms with Crippen LogP contribution in [0.25, 0.3) is 0 Å². The number of likely N-dealkylation sites (tertiary alicyclic amines) is 1. The molecule has 2 amide bonds. The van der Waals surface area contributed by atoms with E-state index in [1.807, 2.05) is 18.2 Å². The SMILES string of the molecule is O=C1NC(=O)[C@@H]2CN(CCc3ccccc3)C[C@H]12. The van der Waals surface area contributed by atoms with Gasteiger partial charge in [0.1, 0.15) is 0 Å². The first-order chi connectivity index (χ1) is 8.74. The Balaban J connectivity index is 1.57. The van der Waals surface area contributed by atoms with E-state index >= 15 is 0 Å². The molecule has 2 heterocycles. The van der Waals surface area contributed by atoms with E-state index in [1.165, 1.54) is 5.56 Å². The van der Waals surface area contributed by atoms with Crippen molar-refractivity contribution >= 4 is 11.8 Å². The zero-order valence-corrected chi connectivity index (χ0v) is 10.1. The van der Waals surface area contributed by atoms with Crippen molar-refractivity contribution in [1.82, 2.24) is 10.2 Å². The fourth-order valence-corrected chi connectivity index (χ4v) is 2.84. The molecule has 0 radical (unpaired) electrons. The highest BCUT2D eigenvalue weighted by Gasteiger charge is 2.47. The fourth-order valence-electron chi connectivity index (χ4n) is 2.84. The van der Waals surface area contributed by atoms with E-state index in [9.17, 15) is 9.59 Å². The van der Waals surface area contributed by atoms with E-state index < -0.39 is 0 Å². The molecule has 2 saturated heterocycles. The summed E-state index contributed by atoms with van der Waals surface area (Å²) in [4.78, 5) is 25.3. The van der Waals surface area contributed by atoms with E-state index in [4.69, 9.17) is 0 Å². The van der Waals surface area contributed by atoms with Gasteiger partial charge in [0.25, 0.3) is 0 Å². The monoisotopic (exact) mass is 244 g/mol. The van der Waals surface area contributed by atoms with Gasteiger partial charge < -0.3 is 4.90 Å². The number of amides is 2. The van der Waals surface area contributed by atoms with Crippen LogP contribution in [-0.2, 0) is 16.0 Å². The number of nitrogens with one attached hydrogen (secondary N) is 1. The van der Waals surface area contributed by atoms with Crippen molar-refractivity contribution in [3.8, 4) is 0 Å². The Morgan fingerprint density at radius 3 is 2.28 bits per heavy atom.